The van der Waals surface area contributed by atoms with E-state index >= 15 is 0 Å². The third-order valence-electron chi connectivity index (χ3n) is 7.34. The van der Waals surface area contributed by atoms with Crippen molar-refractivity contribution in [1.82, 2.24) is 15.8 Å². The Labute approximate surface area is 165 Å². The average Bonchev–Trinajstić information content (AvgIpc) is 3.06. The molecule has 3 N–H and O–H groups in total. The van der Waals surface area contributed by atoms with Gasteiger partial charge in [0.15, 0.2) is 0 Å². The van der Waals surface area contributed by atoms with Crippen molar-refractivity contribution in [3.63, 3.8) is 0 Å². The molecule has 0 aliphatic heterocycles. The van der Waals surface area contributed by atoms with E-state index in [1.165, 1.54) is 38.5 Å². The van der Waals surface area contributed by atoms with Gasteiger partial charge < -0.3 is 4.98 Å². The Morgan fingerprint density at radius 1 is 0.964 bits per heavy atom. The van der Waals surface area contributed by atoms with E-state index in [4.69, 9.17) is 0 Å². The van der Waals surface area contributed by atoms with Crippen LogP contribution in [0.15, 0.2) is 30.5 Å². The lowest BCUT2D eigenvalue weighted by atomic mass is 9.49. The molecule has 0 radical (unpaired) electrons. The molecule has 5 heteroatoms. The zero-order valence-corrected chi connectivity index (χ0v) is 16.3. The molecule has 4 aliphatic rings. The van der Waals surface area contributed by atoms with Crippen molar-refractivity contribution < 1.29 is 9.59 Å². The topological polar surface area (TPSA) is 74.0 Å². The third kappa shape index (κ3) is 3.43. The van der Waals surface area contributed by atoms with Gasteiger partial charge in [-0.15, -0.1) is 0 Å². The average molecular weight is 380 g/mol. The number of carbonyl (C=O) groups is 2. The number of rotatable bonds is 5. The van der Waals surface area contributed by atoms with E-state index in [2.05, 4.69) is 21.9 Å². The van der Waals surface area contributed by atoms with E-state index in [0.29, 0.717) is 19.3 Å². The first-order valence-corrected chi connectivity index (χ1v) is 10.7. The molecule has 0 spiro atoms. The van der Waals surface area contributed by atoms with E-state index < -0.39 is 0 Å². The molecule has 2 aromatic rings. The van der Waals surface area contributed by atoms with Crippen LogP contribution in [0.25, 0.3) is 10.9 Å². The number of fused-ring (bicyclic) bond motifs is 1. The number of aromatic nitrogens is 1. The molecule has 5 nitrogen and oxygen atoms in total. The number of H-pyrrole nitrogens is 1. The van der Waals surface area contributed by atoms with Crippen LogP contribution in [-0.4, -0.2) is 16.8 Å². The molecule has 1 heterocycles. The quantitative estimate of drug-likeness (QED) is 0.690. The van der Waals surface area contributed by atoms with Gasteiger partial charge in [-0.1, -0.05) is 18.2 Å². The summed E-state index contributed by atoms with van der Waals surface area (Å²) >= 11 is 0. The number of aromatic amines is 1. The largest absolute Gasteiger partial charge is 0.361 e. The molecule has 0 saturated heterocycles. The molecule has 2 amide bonds. The molecule has 4 bridgehead atoms. The van der Waals surface area contributed by atoms with Gasteiger partial charge >= 0.3 is 0 Å². The highest BCUT2D eigenvalue weighted by atomic mass is 16.2. The van der Waals surface area contributed by atoms with Crippen LogP contribution in [-0.2, 0) is 16.0 Å². The summed E-state index contributed by atoms with van der Waals surface area (Å²) in [6.07, 6.45) is 11.3. The van der Waals surface area contributed by atoms with Crippen molar-refractivity contribution >= 4 is 22.7 Å². The number of amides is 2. The van der Waals surface area contributed by atoms with E-state index in [0.717, 1.165) is 34.2 Å². The Bertz CT molecular complexity index is 865. The Morgan fingerprint density at radius 3 is 2.32 bits per heavy atom. The number of nitrogens with one attached hydrogen (secondary N) is 3. The number of benzene rings is 1. The summed E-state index contributed by atoms with van der Waals surface area (Å²) in [5, 5.41) is 1.15. The van der Waals surface area contributed by atoms with Crippen molar-refractivity contribution in [2.75, 3.05) is 0 Å². The van der Waals surface area contributed by atoms with Crippen LogP contribution >= 0.6 is 0 Å². The number of hydrazine groups is 1. The van der Waals surface area contributed by atoms with Crippen molar-refractivity contribution in [3.05, 3.63) is 36.0 Å². The van der Waals surface area contributed by atoms with Crippen LogP contribution in [0.1, 0.15) is 56.9 Å². The summed E-state index contributed by atoms with van der Waals surface area (Å²) in [5.74, 6) is 2.35. The number of carbonyl (C=O) groups excluding carboxylic acids is 2. The Morgan fingerprint density at radius 2 is 1.61 bits per heavy atom. The second-order valence-electron chi connectivity index (χ2n) is 9.55. The first-order chi connectivity index (χ1) is 13.6. The summed E-state index contributed by atoms with van der Waals surface area (Å²) in [6.45, 7) is 0. The van der Waals surface area contributed by atoms with Crippen LogP contribution in [0.2, 0.25) is 0 Å². The van der Waals surface area contributed by atoms with Gasteiger partial charge in [0.1, 0.15) is 0 Å². The standard InChI is InChI=1S/C23H29N3O2/c27-21(6-5-18-14-24-20-4-2-1-3-19(18)20)25-26-22(28)13-23-10-15-7-16(11-23)9-17(8-15)12-23/h1-4,14-17,24H,5-13H2,(H,25,27)(H,26,28). The van der Waals surface area contributed by atoms with Gasteiger partial charge in [0.05, 0.1) is 0 Å². The number of hydrogen-bond acceptors (Lipinski definition) is 2. The molecule has 0 unspecified atom stereocenters. The number of hydrogen-bond donors (Lipinski definition) is 3. The highest BCUT2D eigenvalue weighted by Gasteiger charge is 2.51. The third-order valence-corrected chi connectivity index (χ3v) is 7.34. The lowest BCUT2D eigenvalue weighted by molar-refractivity contribution is -0.134. The molecule has 4 fully saturated rings. The molecule has 148 valence electrons. The van der Waals surface area contributed by atoms with Crippen LogP contribution in [0.5, 0.6) is 0 Å². The lowest BCUT2D eigenvalue weighted by Crippen LogP contribution is -2.50. The fourth-order valence-corrected chi connectivity index (χ4v) is 6.68. The van der Waals surface area contributed by atoms with Crippen LogP contribution in [0.4, 0.5) is 0 Å². The van der Waals surface area contributed by atoms with Crippen molar-refractivity contribution in [3.8, 4) is 0 Å². The minimum absolute atomic E-state index is 0.0256. The van der Waals surface area contributed by atoms with Crippen molar-refractivity contribution in [2.45, 2.75) is 57.8 Å². The van der Waals surface area contributed by atoms with Gasteiger partial charge in [0.25, 0.3) is 0 Å². The molecule has 1 aromatic heterocycles. The summed E-state index contributed by atoms with van der Waals surface area (Å²) in [7, 11) is 0. The second kappa shape index (κ2) is 6.94. The Kier molecular flexibility index (Phi) is 4.41. The predicted molar refractivity (Wildman–Crippen MR) is 108 cm³/mol. The van der Waals surface area contributed by atoms with E-state index in [9.17, 15) is 9.59 Å². The number of para-hydroxylation sites is 1. The smallest absolute Gasteiger partial charge is 0.238 e. The van der Waals surface area contributed by atoms with E-state index in [-0.39, 0.29) is 17.2 Å². The highest BCUT2D eigenvalue weighted by Crippen LogP contribution is 2.61. The maximum absolute atomic E-state index is 12.5. The lowest BCUT2D eigenvalue weighted by Gasteiger charge is -2.56. The number of aryl methyl sites for hydroxylation is 1. The van der Waals surface area contributed by atoms with Crippen molar-refractivity contribution in [2.24, 2.45) is 23.2 Å². The molecule has 4 aliphatic carbocycles. The fourth-order valence-electron chi connectivity index (χ4n) is 6.68. The first-order valence-electron chi connectivity index (χ1n) is 10.7. The zero-order valence-electron chi connectivity index (χ0n) is 16.3. The SMILES string of the molecule is O=C(CCc1c[nH]c2ccccc12)NNC(=O)CC12CC3CC(CC(C3)C1)C2. The molecule has 6 rings (SSSR count). The van der Waals surface area contributed by atoms with Gasteiger partial charge in [-0.2, -0.15) is 0 Å². The van der Waals surface area contributed by atoms with Crippen LogP contribution in [0, 0.1) is 23.2 Å². The monoisotopic (exact) mass is 379 g/mol. The molecule has 0 atom stereocenters. The molecular formula is C23H29N3O2. The zero-order chi connectivity index (χ0) is 19.1. The van der Waals surface area contributed by atoms with Gasteiger partial charge in [0.2, 0.25) is 11.8 Å². The minimum atomic E-state index is -0.135. The molecule has 1 aromatic carbocycles. The maximum atomic E-state index is 12.5. The van der Waals surface area contributed by atoms with Crippen LogP contribution < -0.4 is 10.9 Å². The Balaban J connectivity index is 1.10. The summed E-state index contributed by atoms with van der Waals surface area (Å²) < 4.78 is 0. The summed E-state index contributed by atoms with van der Waals surface area (Å²) in [4.78, 5) is 27.9. The first kappa shape index (κ1) is 17.8. The normalized spacial score (nSPS) is 30.5. The second-order valence-corrected chi connectivity index (χ2v) is 9.55. The Hall–Kier alpha value is -2.30. The van der Waals surface area contributed by atoms with Gasteiger partial charge in [-0.3, -0.25) is 20.4 Å². The molecular weight excluding hydrogens is 350 g/mol. The predicted octanol–water partition coefficient (Wildman–Crippen LogP) is 3.85. The molecule has 4 saturated carbocycles. The maximum Gasteiger partial charge on any atom is 0.238 e. The van der Waals surface area contributed by atoms with E-state index in [1.807, 2.05) is 24.4 Å². The summed E-state index contributed by atoms with van der Waals surface area (Å²) in [5.41, 5.74) is 7.72. The van der Waals surface area contributed by atoms with Crippen LogP contribution in [0.3, 0.4) is 0 Å². The van der Waals surface area contributed by atoms with Gasteiger partial charge in [-0.25, -0.2) is 0 Å². The van der Waals surface area contributed by atoms with Crippen molar-refractivity contribution in [1.29, 1.82) is 0 Å². The van der Waals surface area contributed by atoms with Gasteiger partial charge in [0, 0.05) is 29.9 Å². The van der Waals surface area contributed by atoms with E-state index in [1.54, 1.807) is 0 Å². The minimum Gasteiger partial charge on any atom is -0.361 e. The fraction of sp³-hybridized carbons (Fsp3) is 0.565. The molecule has 28 heavy (non-hydrogen) atoms. The van der Waals surface area contributed by atoms with Gasteiger partial charge in [-0.05, 0) is 79.7 Å². The highest BCUT2D eigenvalue weighted by molar-refractivity contribution is 5.85. The summed E-state index contributed by atoms with van der Waals surface area (Å²) in [6, 6.07) is 8.09.